The molecule has 0 aliphatic heterocycles. The fraction of sp³-hybridized carbons (Fsp3) is 0.400. The number of anilines is 1. The van der Waals surface area contributed by atoms with E-state index in [0.717, 1.165) is 24.2 Å². The van der Waals surface area contributed by atoms with Gasteiger partial charge in [0.1, 0.15) is 5.69 Å². The van der Waals surface area contributed by atoms with Gasteiger partial charge in [-0.15, -0.1) is 0 Å². The van der Waals surface area contributed by atoms with Gasteiger partial charge in [-0.1, -0.05) is 60.7 Å². The summed E-state index contributed by atoms with van der Waals surface area (Å²) in [6, 6.07) is 23.6. The summed E-state index contributed by atoms with van der Waals surface area (Å²) in [5.41, 5.74) is 2.07. The topological polar surface area (TPSA) is 99.0 Å². The van der Waals surface area contributed by atoms with E-state index >= 15 is 0 Å². The number of nitrogens with one attached hydrogen (secondary N) is 1. The van der Waals surface area contributed by atoms with Crippen LogP contribution in [0.25, 0.3) is 0 Å². The zero-order chi connectivity index (χ0) is 29.1. The molecule has 0 aliphatic carbocycles. The van der Waals surface area contributed by atoms with Crippen LogP contribution in [0.5, 0.6) is 0 Å². The van der Waals surface area contributed by atoms with Crippen molar-refractivity contribution in [2.75, 3.05) is 59.7 Å². The lowest BCUT2D eigenvalue weighted by atomic mass is 9.98. The fourth-order valence-electron chi connectivity index (χ4n) is 4.55. The Hall–Kier alpha value is -3.31. The Labute approximate surface area is 238 Å². The van der Waals surface area contributed by atoms with E-state index < -0.39 is 14.9 Å². The van der Waals surface area contributed by atoms with Crippen LogP contribution in [0.15, 0.2) is 83.8 Å². The Bertz CT molecular complexity index is 1300. The second-order valence-corrected chi connectivity index (χ2v) is 12.4. The lowest BCUT2D eigenvalue weighted by Crippen LogP contribution is -2.35. The van der Waals surface area contributed by atoms with E-state index in [1.807, 2.05) is 98.7 Å². The quantitative estimate of drug-likeness (QED) is 0.194. The zero-order valence-corrected chi connectivity index (χ0v) is 24.7. The maximum atomic E-state index is 13.7. The van der Waals surface area contributed by atoms with Gasteiger partial charge in [0.05, 0.1) is 15.9 Å². The van der Waals surface area contributed by atoms with Gasteiger partial charge in [-0.05, 0) is 83.8 Å². The monoisotopic (exact) mass is 567 g/mol. The molecule has 3 aromatic rings. The summed E-state index contributed by atoms with van der Waals surface area (Å²) in [7, 11) is 3.84. The Morgan fingerprint density at radius 1 is 0.800 bits per heavy atom. The minimum Gasteiger partial charge on any atom is -0.372 e. The molecule has 1 N–H and O–H groups in total. The van der Waals surface area contributed by atoms with Gasteiger partial charge in [-0.2, -0.15) is 4.31 Å². The molecule has 3 rings (SSSR count). The van der Waals surface area contributed by atoms with E-state index in [4.69, 9.17) is 0 Å². The highest BCUT2D eigenvalue weighted by molar-refractivity contribution is 7.89. The predicted octanol–water partition coefficient (Wildman–Crippen LogP) is 4.88. The summed E-state index contributed by atoms with van der Waals surface area (Å²) in [6.07, 6.45) is 1.93. The van der Waals surface area contributed by atoms with Crippen LogP contribution < -0.4 is 5.32 Å². The van der Waals surface area contributed by atoms with Crippen molar-refractivity contribution in [3.63, 3.8) is 0 Å². The molecule has 0 aliphatic rings. The van der Waals surface area contributed by atoms with Gasteiger partial charge < -0.3 is 15.1 Å². The van der Waals surface area contributed by atoms with Gasteiger partial charge in [0, 0.05) is 19.2 Å². The number of nitro benzene ring substituents is 1. The fourth-order valence-corrected chi connectivity index (χ4v) is 6.09. The third-order valence-electron chi connectivity index (χ3n) is 6.64. The first-order valence-electron chi connectivity index (χ1n) is 13.5. The van der Waals surface area contributed by atoms with Crippen molar-refractivity contribution in [1.29, 1.82) is 0 Å². The number of hydrogen-bond donors (Lipinski definition) is 1. The molecule has 9 nitrogen and oxygen atoms in total. The van der Waals surface area contributed by atoms with E-state index in [9.17, 15) is 18.5 Å². The van der Waals surface area contributed by atoms with Gasteiger partial charge in [0.15, 0.2) is 0 Å². The maximum absolute atomic E-state index is 13.7. The molecular weight excluding hydrogens is 526 g/mol. The number of hydrogen-bond acceptors (Lipinski definition) is 7. The molecule has 40 heavy (non-hydrogen) atoms. The highest BCUT2D eigenvalue weighted by Crippen LogP contribution is 2.33. The van der Waals surface area contributed by atoms with Crippen molar-refractivity contribution in [2.45, 2.75) is 30.2 Å². The third-order valence-corrected chi connectivity index (χ3v) is 8.54. The van der Waals surface area contributed by atoms with Crippen LogP contribution in [0.3, 0.4) is 0 Å². The Kier molecular flexibility index (Phi) is 11.6. The molecule has 3 aromatic carbocycles. The second-order valence-electron chi connectivity index (χ2n) is 10.5. The lowest BCUT2D eigenvalue weighted by Gasteiger charge is -2.24. The van der Waals surface area contributed by atoms with Crippen LogP contribution in [0, 0.1) is 10.1 Å². The second kappa shape index (κ2) is 14.9. The number of rotatable bonds is 16. The van der Waals surface area contributed by atoms with Crippen LogP contribution in [-0.2, 0) is 16.4 Å². The lowest BCUT2D eigenvalue weighted by molar-refractivity contribution is -0.384. The van der Waals surface area contributed by atoms with Gasteiger partial charge in [0.25, 0.3) is 5.69 Å². The van der Waals surface area contributed by atoms with E-state index in [2.05, 4.69) is 5.32 Å². The van der Waals surface area contributed by atoms with Gasteiger partial charge >= 0.3 is 0 Å². The first-order chi connectivity index (χ1) is 19.1. The first-order valence-corrected chi connectivity index (χ1v) is 15.0. The predicted molar refractivity (Wildman–Crippen MR) is 161 cm³/mol. The molecule has 0 heterocycles. The van der Waals surface area contributed by atoms with E-state index in [1.165, 1.54) is 22.5 Å². The van der Waals surface area contributed by atoms with Crippen LogP contribution in [0.1, 0.15) is 30.0 Å². The summed E-state index contributed by atoms with van der Waals surface area (Å²) in [6.45, 7) is 2.17. The largest absolute Gasteiger partial charge is 0.372 e. The Morgan fingerprint density at radius 3 is 1.88 bits per heavy atom. The van der Waals surface area contributed by atoms with Crippen LogP contribution in [0.2, 0.25) is 0 Å². The van der Waals surface area contributed by atoms with Gasteiger partial charge in [0.2, 0.25) is 10.0 Å². The average molecular weight is 568 g/mol. The molecule has 0 fully saturated rings. The number of nitro groups is 1. The van der Waals surface area contributed by atoms with Crippen LogP contribution in [0.4, 0.5) is 11.4 Å². The molecule has 1 atom stereocenters. The molecule has 1 unspecified atom stereocenters. The minimum absolute atomic E-state index is 0.0706. The zero-order valence-electron chi connectivity index (χ0n) is 23.9. The van der Waals surface area contributed by atoms with E-state index in [-0.39, 0.29) is 22.3 Å². The number of benzene rings is 3. The molecule has 10 heteroatoms. The third kappa shape index (κ3) is 9.12. The number of nitrogens with zero attached hydrogens (tertiary/aromatic N) is 4. The SMILES string of the molecule is CN(C)CCCN(CCCN(C)C)S(=O)(=O)c1ccc(NC(Cc2ccccc2)c2ccccc2)c([N+](=O)[O-])c1. The van der Waals surface area contributed by atoms with E-state index in [0.29, 0.717) is 32.4 Å². The molecular formula is C30H41N5O4S. The molecule has 0 saturated carbocycles. The molecule has 0 saturated heterocycles. The Balaban J connectivity index is 1.92. The van der Waals surface area contributed by atoms with Gasteiger partial charge in [-0.25, -0.2) is 8.42 Å². The van der Waals surface area contributed by atoms with Crippen molar-refractivity contribution < 1.29 is 13.3 Å². The summed E-state index contributed by atoms with van der Waals surface area (Å²) in [5, 5.41) is 15.5. The maximum Gasteiger partial charge on any atom is 0.293 e. The van der Waals surface area contributed by atoms with E-state index in [1.54, 1.807) is 0 Å². The van der Waals surface area contributed by atoms with Crippen LogP contribution in [-0.4, -0.2) is 81.8 Å². The van der Waals surface area contributed by atoms with Crippen LogP contribution >= 0.6 is 0 Å². The standard InChI is InChI=1S/C30H41N5O4S/c1-32(2)19-11-21-34(22-12-20-33(3)4)40(38,39)27-17-18-28(30(24-27)35(36)37)31-29(26-15-9-6-10-16-26)23-25-13-7-5-8-14-25/h5-10,13-18,24,29,31H,11-12,19-23H2,1-4H3. The summed E-state index contributed by atoms with van der Waals surface area (Å²) in [4.78, 5) is 15.6. The van der Waals surface area contributed by atoms with Crippen molar-refractivity contribution in [2.24, 2.45) is 0 Å². The van der Waals surface area contributed by atoms with Crippen molar-refractivity contribution in [1.82, 2.24) is 14.1 Å². The van der Waals surface area contributed by atoms with Crippen molar-refractivity contribution in [3.05, 3.63) is 100 Å². The minimum atomic E-state index is -3.93. The smallest absolute Gasteiger partial charge is 0.293 e. The molecule has 0 spiro atoms. The highest BCUT2D eigenvalue weighted by atomic mass is 32.2. The summed E-state index contributed by atoms with van der Waals surface area (Å²) < 4.78 is 28.9. The molecule has 0 aromatic heterocycles. The molecule has 0 bridgehead atoms. The normalized spacial score (nSPS) is 12.7. The molecule has 0 radical (unpaired) electrons. The summed E-state index contributed by atoms with van der Waals surface area (Å²) >= 11 is 0. The first kappa shape index (κ1) is 31.2. The summed E-state index contributed by atoms with van der Waals surface area (Å²) in [5.74, 6) is 0. The highest BCUT2D eigenvalue weighted by Gasteiger charge is 2.28. The van der Waals surface area contributed by atoms with Crippen molar-refractivity contribution >= 4 is 21.4 Å². The Morgan fingerprint density at radius 2 is 1.35 bits per heavy atom. The molecule has 216 valence electrons. The average Bonchev–Trinajstić information content (AvgIpc) is 2.92. The number of sulfonamides is 1. The van der Waals surface area contributed by atoms with Gasteiger partial charge in [-0.3, -0.25) is 10.1 Å². The molecule has 0 amide bonds. The van der Waals surface area contributed by atoms with Crippen molar-refractivity contribution in [3.8, 4) is 0 Å².